The summed E-state index contributed by atoms with van der Waals surface area (Å²) in [6.07, 6.45) is 1.81. The van der Waals surface area contributed by atoms with E-state index in [1.165, 1.54) is 6.07 Å². The molecule has 2 N–H and O–H groups in total. The molecular weight excluding hydrogens is 304 g/mol. The molecule has 0 aliphatic rings. The number of carboxylic acids is 1. The van der Waals surface area contributed by atoms with Crippen LogP contribution in [0.2, 0.25) is 5.02 Å². The number of aliphatic carboxylic acids is 1. The van der Waals surface area contributed by atoms with Crippen molar-refractivity contribution in [2.24, 2.45) is 7.05 Å². The summed E-state index contributed by atoms with van der Waals surface area (Å²) in [5, 5.41) is 12.8. The Morgan fingerprint density at radius 2 is 1.95 bits per heavy atom. The first-order chi connectivity index (χ1) is 10.4. The molecular formula is C16H17ClN2O3. The standard InChI is InChI=1S/C16H17ClN2O3/c1-3-16(15(21)22,11-7-5-4-6-8-11)18-14(20)13-9-12(17)10-19(13)2/h4-10H,3H2,1-2H3,(H,18,20)(H,21,22). The Bertz CT molecular complexity index is 697. The summed E-state index contributed by atoms with van der Waals surface area (Å²) in [6.45, 7) is 1.72. The Balaban J connectivity index is 2.42. The topological polar surface area (TPSA) is 71.3 Å². The van der Waals surface area contributed by atoms with Gasteiger partial charge in [-0.25, -0.2) is 4.79 Å². The number of hydrogen-bond acceptors (Lipinski definition) is 2. The van der Waals surface area contributed by atoms with Crippen LogP contribution in [-0.4, -0.2) is 21.6 Å². The van der Waals surface area contributed by atoms with Gasteiger partial charge in [-0.3, -0.25) is 4.79 Å². The molecule has 1 unspecified atom stereocenters. The fourth-order valence-corrected chi connectivity index (χ4v) is 2.67. The minimum atomic E-state index is -1.48. The molecule has 0 aliphatic heterocycles. The lowest BCUT2D eigenvalue weighted by molar-refractivity contribution is -0.145. The van der Waals surface area contributed by atoms with Gasteiger partial charge in [0.25, 0.3) is 5.91 Å². The average Bonchev–Trinajstić information content (AvgIpc) is 2.84. The first kappa shape index (κ1) is 16.1. The van der Waals surface area contributed by atoms with Crippen LogP contribution >= 0.6 is 11.6 Å². The van der Waals surface area contributed by atoms with E-state index >= 15 is 0 Å². The van der Waals surface area contributed by atoms with Gasteiger partial charge in [0, 0.05) is 13.2 Å². The summed E-state index contributed by atoms with van der Waals surface area (Å²) in [5.41, 5.74) is -0.645. The maximum absolute atomic E-state index is 12.5. The van der Waals surface area contributed by atoms with Crippen LogP contribution in [0.5, 0.6) is 0 Å². The minimum absolute atomic E-state index is 0.218. The number of nitrogens with zero attached hydrogens (tertiary/aromatic N) is 1. The van der Waals surface area contributed by atoms with E-state index in [0.29, 0.717) is 16.3 Å². The molecule has 1 aromatic heterocycles. The molecule has 5 nitrogen and oxygen atoms in total. The third-order valence-corrected chi connectivity index (χ3v) is 3.90. The summed E-state index contributed by atoms with van der Waals surface area (Å²) in [4.78, 5) is 24.3. The number of nitrogens with one attached hydrogen (secondary N) is 1. The van der Waals surface area contributed by atoms with E-state index in [1.807, 2.05) is 0 Å². The Kier molecular flexibility index (Phi) is 4.56. The van der Waals surface area contributed by atoms with Crippen LogP contribution < -0.4 is 5.32 Å². The van der Waals surface area contributed by atoms with E-state index < -0.39 is 17.4 Å². The highest BCUT2D eigenvalue weighted by Gasteiger charge is 2.40. The second-order valence-corrected chi connectivity index (χ2v) is 5.48. The van der Waals surface area contributed by atoms with Gasteiger partial charge in [-0.15, -0.1) is 0 Å². The fourth-order valence-electron chi connectivity index (χ4n) is 2.42. The lowest BCUT2D eigenvalue weighted by Gasteiger charge is -2.30. The van der Waals surface area contributed by atoms with Crippen molar-refractivity contribution >= 4 is 23.5 Å². The van der Waals surface area contributed by atoms with Crippen molar-refractivity contribution in [1.82, 2.24) is 9.88 Å². The zero-order chi connectivity index (χ0) is 16.3. The zero-order valence-electron chi connectivity index (χ0n) is 12.3. The molecule has 116 valence electrons. The molecule has 1 atom stereocenters. The molecule has 6 heteroatoms. The summed E-state index contributed by atoms with van der Waals surface area (Å²) in [7, 11) is 1.68. The highest BCUT2D eigenvalue weighted by Crippen LogP contribution is 2.26. The third kappa shape index (κ3) is 2.85. The van der Waals surface area contributed by atoms with E-state index in [2.05, 4.69) is 5.32 Å². The minimum Gasteiger partial charge on any atom is -0.479 e. The summed E-state index contributed by atoms with van der Waals surface area (Å²) < 4.78 is 1.56. The maximum Gasteiger partial charge on any atom is 0.334 e. The number of rotatable bonds is 5. The molecule has 0 spiro atoms. The molecule has 0 saturated carbocycles. The predicted molar refractivity (Wildman–Crippen MR) is 83.9 cm³/mol. The van der Waals surface area contributed by atoms with E-state index in [4.69, 9.17) is 11.6 Å². The highest BCUT2D eigenvalue weighted by atomic mass is 35.5. The van der Waals surface area contributed by atoms with Crippen LogP contribution in [0.3, 0.4) is 0 Å². The summed E-state index contributed by atoms with van der Waals surface area (Å²) >= 11 is 5.88. The Morgan fingerprint density at radius 3 is 2.41 bits per heavy atom. The van der Waals surface area contributed by atoms with Crippen molar-refractivity contribution in [3.8, 4) is 0 Å². The van der Waals surface area contributed by atoms with Crippen LogP contribution in [0.25, 0.3) is 0 Å². The van der Waals surface area contributed by atoms with Crippen molar-refractivity contribution in [2.45, 2.75) is 18.9 Å². The van der Waals surface area contributed by atoms with Crippen molar-refractivity contribution in [1.29, 1.82) is 0 Å². The molecule has 1 amide bonds. The van der Waals surface area contributed by atoms with Crippen LogP contribution in [0.4, 0.5) is 0 Å². The van der Waals surface area contributed by atoms with Gasteiger partial charge >= 0.3 is 5.97 Å². The van der Waals surface area contributed by atoms with Gasteiger partial charge in [-0.05, 0) is 18.1 Å². The molecule has 0 bridgehead atoms. The van der Waals surface area contributed by atoms with Crippen molar-refractivity contribution < 1.29 is 14.7 Å². The molecule has 2 rings (SSSR count). The van der Waals surface area contributed by atoms with Crippen molar-refractivity contribution in [2.75, 3.05) is 0 Å². The second-order valence-electron chi connectivity index (χ2n) is 5.04. The van der Waals surface area contributed by atoms with Gasteiger partial charge in [-0.1, -0.05) is 48.9 Å². The largest absolute Gasteiger partial charge is 0.479 e. The van der Waals surface area contributed by atoms with Crippen LogP contribution in [0.15, 0.2) is 42.6 Å². The lowest BCUT2D eigenvalue weighted by Crippen LogP contribution is -2.51. The number of amides is 1. The van der Waals surface area contributed by atoms with Crippen LogP contribution in [0.1, 0.15) is 29.4 Å². The normalized spacial score (nSPS) is 13.4. The average molecular weight is 321 g/mol. The molecule has 1 aromatic carbocycles. The molecule has 2 aromatic rings. The highest BCUT2D eigenvalue weighted by molar-refractivity contribution is 6.31. The molecule has 1 heterocycles. The zero-order valence-corrected chi connectivity index (χ0v) is 13.1. The quantitative estimate of drug-likeness (QED) is 0.890. The number of halogens is 1. The maximum atomic E-state index is 12.5. The predicted octanol–water partition coefficient (Wildman–Crippen LogP) is 2.80. The smallest absolute Gasteiger partial charge is 0.334 e. The summed E-state index contributed by atoms with van der Waals surface area (Å²) in [6, 6.07) is 10.2. The van der Waals surface area contributed by atoms with Crippen molar-refractivity contribution in [3.05, 3.63) is 58.9 Å². The Hall–Kier alpha value is -2.27. The van der Waals surface area contributed by atoms with E-state index in [-0.39, 0.29) is 6.42 Å². The molecule has 0 radical (unpaired) electrons. The van der Waals surface area contributed by atoms with Gasteiger partial charge in [-0.2, -0.15) is 0 Å². The Morgan fingerprint density at radius 1 is 1.32 bits per heavy atom. The lowest BCUT2D eigenvalue weighted by atomic mass is 9.87. The molecule has 0 fully saturated rings. The van der Waals surface area contributed by atoms with E-state index in [1.54, 1.807) is 55.1 Å². The number of carbonyl (C=O) groups excluding carboxylic acids is 1. The van der Waals surface area contributed by atoms with Gasteiger partial charge in [0.15, 0.2) is 5.54 Å². The van der Waals surface area contributed by atoms with Crippen LogP contribution in [0, 0.1) is 0 Å². The second kappa shape index (κ2) is 6.23. The number of aromatic nitrogens is 1. The monoisotopic (exact) mass is 320 g/mol. The molecule has 0 aliphatic carbocycles. The third-order valence-electron chi connectivity index (χ3n) is 3.69. The Labute approximate surface area is 133 Å². The number of carboxylic acid groups (broad SMARTS) is 1. The molecule has 22 heavy (non-hydrogen) atoms. The fraction of sp³-hybridized carbons (Fsp3) is 0.250. The first-order valence-electron chi connectivity index (χ1n) is 6.84. The van der Waals surface area contributed by atoms with Crippen molar-refractivity contribution in [3.63, 3.8) is 0 Å². The number of carbonyl (C=O) groups is 2. The SMILES string of the molecule is CCC(NC(=O)c1cc(Cl)cn1C)(C(=O)O)c1ccccc1. The summed E-state index contributed by atoms with van der Waals surface area (Å²) in [5.74, 6) is -1.59. The van der Waals surface area contributed by atoms with Crippen LogP contribution in [-0.2, 0) is 17.4 Å². The number of benzene rings is 1. The van der Waals surface area contributed by atoms with Gasteiger partial charge in [0.1, 0.15) is 5.69 Å². The number of aryl methyl sites for hydroxylation is 1. The first-order valence-corrected chi connectivity index (χ1v) is 7.22. The van der Waals surface area contributed by atoms with Gasteiger partial charge in [0.05, 0.1) is 5.02 Å². The number of hydrogen-bond donors (Lipinski definition) is 2. The van der Waals surface area contributed by atoms with E-state index in [0.717, 1.165) is 0 Å². The van der Waals surface area contributed by atoms with Gasteiger partial charge < -0.3 is 15.0 Å². The molecule has 0 saturated heterocycles. The van der Waals surface area contributed by atoms with Gasteiger partial charge in [0.2, 0.25) is 0 Å². The van der Waals surface area contributed by atoms with E-state index in [9.17, 15) is 14.7 Å².